The van der Waals surface area contributed by atoms with Crippen LogP contribution in [0.3, 0.4) is 0 Å². The van der Waals surface area contributed by atoms with Gasteiger partial charge in [0.15, 0.2) is 0 Å². The number of morpholine rings is 1. The fourth-order valence-corrected chi connectivity index (χ4v) is 3.77. The standard InChI is InChI=1S/C17H25ClN2O/c1-12(2)20-7-8-21-14(11-20)10-19-17-15-6-4-3-5-13(15)9-16(17)18/h3-6,12,14,16-17,19H,7-11H2,1-2H3. The summed E-state index contributed by atoms with van der Waals surface area (Å²) in [6.45, 7) is 8.24. The minimum atomic E-state index is 0.146. The SMILES string of the molecule is CC(C)N1CCOC(CNC2c3ccccc3CC2Cl)C1. The quantitative estimate of drug-likeness (QED) is 0.865. The molecular weight excluding hydrogens is 284 g/mol. The van der Waals surface area contributed by atoms with Gasteiger partial charge in [-0.3, -0.25) is 4.90 Å². The first kappa shape index (κ1) is 15.3. The van der Waals surface area contributed by atoms with Crippen LogP contribution in [-0.2, 0) is 11.2 Å². The van der Waals surface area contributed by atoms with Gasteiger partial charge in [0.1, 0.15) is 0 Å². The van der Waals surface area contributed by atoms with Crippen LogP contribution in [0.4, 0.5) is 0 Å². The Morgan fingerprint density at radius 2 is 2.19 bits per heavy atom. The fourth-order valence-electron chi connectivity index (χ4n) is 3.38. The molecule has 4 heteroatoms. The lowest BCUT2D eigenvalue weighted by atomic mass is 10.1. The largest absolute Gasteiger partial charge is 0.374 e. The van der Waals surface area contributed by atoms with Gasteiger partial charge in [0.25, 0.3) is 0 Å². The third-order valence-electron chi connectivity index (χ3n) is 4.63. The van der Waals surface area contributed by atoms with Crippen LogP contribution >= 0.6 is 11.6 Å². The van der Waals surface area contributed by atoms with E-state index in [4.69, 9.17) is 16.3 Å². The maximum Gasteiger partial charge on any atom is 0.0827 e. The van der Waals surface area contributed by atoms with Gasteiger partial charge in [-0.25, -0.2) is 0 Å². The van der Waals surface area contributed by atoms with Crippen LogP contribution in [0.15, 0.2) is 24.3 Å². The second kappa shape index (κ2) is 6.66. The third kappa shape index (κ3) is 3.42. The second-order valence-electron chi connectivity index (χ2n) is 6.39. The van der Waals surface area contributed by atoms with Crippen molar-refractivity contribution < 1.29 is 4.74 Å². The summed E-state index contributed by atoms with van der Waals surface area (Å²) in [5.41, 5.74) is 2.73. The Bertz CT molecular complexity index is 480. The molecule has 1 aliphatic heterocycles. The van der Waals surface area contributed by atoms with Gasteiger partial charge in [0.05, 0.1) is 18.1 Å². The Hall–Kier alpha value is -0.610. The first-order chi connectivity index (χ1) is 10.1. The lowest BCUT2D eigenvalue weighted by molar-refractivity contribution is -0.0381. The molecule has 0 bridgehead atoms. The highest BCUT2D eigenvalue weighted by atomic mass is 35.5. The Morgan fingerprint density at radius 3 is 3.00 bits per heavy atom. The molecule has 2 aliphatic rings. The number of nitrogens with zero attached hydrogens (tertiary/aromatic N) is 1. The maximum atomic E-state index is 6.53. The topological polar surface area (TPSA) is 24.5 Å². The van der Waals surface area contributed by atoms with Gasteiger partial charge in [-0.05, 0) is 31.4 Å². The zero-order valence-electron chi connectivity index (χ0n) is 12.9. The van der Waals surface area contributed by atoms with E-state index in [-0.39, 0.29) is 17.5 Å². The van der Waals surface area contributed by atoms with Crippen molar-refractivity contribution in [3.05, 3.63) is 35.4 Å². The summed E-state index contributed by atoms with van der Waals surface area (Å²) in [7, 11) is 0. The van der Waals surface area contributed by atoms with Crippen molar-refractivity contribution >= 4 is 11.6 Å². The number of nitrogens with one attached hydrogen (secondary N) is 1. The van der Waals surface area contributed by atoms with Crippen LogP contribution in [0.1, 0.15) is 31.0 Å². The molecule has 0 aromatic heterocycles. The Morgan fingerprint density at radius 1 is 1.38 bits per heavy atom. The van der Waals surface area contributed by atoms with Crippen LogP contribution in [-0.4, -0.2) is 48.7 Å². The first-order valence-corrected chi connectivity index (χ1v) is 8.39. The minimum absolute atomic E-state index is 0.146. The van der Waals surface area contributed by atoms with Crippen molar-refractivity contribution in [2.75, 3.05) is 26.2 Å². The molecule has 21 heavy (non-hydrogen) atoms. The maximum absolute atomic E-state index is 6.53. The zero-order chi connectivity index (χ0) is 14.8. The summed E-state index contributed by atoms with van der Waals surface area (Å²) in [5, 5.41) is 3.78. The molecule has 1 N–H and O–H groups in total. The molecule has 3 rings (SSSR count). The lowest BCUT2D eigenvalue weighted by Crippen LogP contribution is -2.49. The molecule has 3 atom stereocenters. The number of hydrogen-bond donors (Lipinski definition) is 1. The predicted molar refractivity (Wildman–Crippen MR) is 87.0 cm³/mol. The molecule has 1 fully saturated rings. The van der Waals surface area contributed by atoms with E-state index in [1.807, 2.05) is 0 Å². The smallest absolute Gasteiger partial charge is 0.0827 e. The summed E-state index contributed by atoms with van der Waals surface area (Å²) in [6, 6.07) is 9.40. The molecule has 1 aromatic carbocycles. The van der Waals surface area contributed by atoms with Gasteiger partial charge in [-0.1, -0.05) is 24.3 Å². The minimum Gasteiger partial charge on any atom is -0.374 e. The third-order valence-corrected chi connectivity index (χ3v) is 5.04. The van der Waals surface area contributed by atoms with E-state index in [0.29, 0.717) is 6.04 Å². The fraction of sp³-hybridized carbons (Fsp3) is 0.647. The van der Waals surface area contributed by atoms with Gasteiger partial charge in [0, 0.05) is 31.7 Å². The average molecular weight is 309 g/mol. The molecule has 0 amide bonds. The van der Waals surface area contributed by atoms with E-state index in [9.17, 15) is 0 Å². The molecule has 1 saturated heterocycles. The van der Waals surface area contributed by atoms with Crippen LogP contribution in [0.5, 0.6) is 0 Å². The van der Waals surface area contributed by atoms with Crippen LogP contribution < -0.4 is 5.32 Å². The molecule has 0 saturated carbocycles. The number of benzene rings is 1. The van der Waals surface area contributed by atoms with Crippen LogP contribution in [0.2, 0.25) is 0 Å². The highest BCUT2D eigenvalue weighted by Crippen LogP contribution is 2.34. The molecule has 1 heterocycles. The van der Waals surface area contributed by atoms with Gasteiger partial charge >= 0.3 is 0 Å². The van der Waals surface area contributed by atoms with Crippen LogP contribution in [0, 0.1) is 0 Å². The number of rotatable bonds is 4. The second-order valence-corrected chi connectivity index (χ2v) is 6.95. The number of alkyl halides is 1. The molecule has 116 valence electrons. The van der Waals surface area contributed by atoms with Crippen molar-refractivity contribution in [1.82, 2.24) is 10.2 Å². The van der Waals surface area contributed by atoms with E-state index < -0.39 is 0 Å². The molecule has 0 radical (unpaired) electrons. The zero-order valence-corrected chi connectivity index (χ0v) is 13.6. The van der Waals surface area contributed by atoms with E-state index in [2.05, 4.69) is 48.3 Å². The molecule has 1 aromatic rings. The van der Waals surface area contributed by atoms with Crippen molar-refractivity contribution in [2.45, 2.75) is 43.8 Å². The average Bonchev–Trinajstić information content (AvgIpc) is 2.81. The Labute approximate surface area is 132 Å². The number of fused-ring (bicyclic) bond motifs is 1. The number of ether oxygens (including phenoxy) is 1. The van der Waals surface area contributed by atoms with Gasteiger partial charge in [-0.15, -0.1) is 11.6 Å². The van der Waals surface area contributed by atoms with Gasteiger partial charge in [0.2, 0.25) is 0 Å². The van der Waals surface area contributed by atoms with Crippen molar-refractivity contribution in [2.24, 2.45) is 0 Å². The highest BCUT2D eigenvalue weighted by Gasteiger charge is 2.31. The van der Waals surface area contributed by atoms with E-state index in [1.54, 1.807) is 0 Å². The van der Waals surface area contributed by atoms with Crippen molar-refractivity contribution in [1.29, 1.82) is 0 Å². The normalized spacial score (nSPS) is 29.8. The van der Waals surface area contributed by atoms with E-state index >= 15 is 0 Å². The lowest BCUT2D eigenvalue weighted by Gasteiger charge is -2.36. The summed E-state index contributed by atoms with van der Waals surface area (Å²) in [5.74, 6) is 0. The molecule has 0 spiro atoms. The molecular formula is C17H25ClN2O. The summed E-state index contributed by atoms with van der Waals surface area (Å²) >= 11 is 6.53. The first-order valence-electron chi connectivity index (χ1n) is 7.96. The summed E-state index contributed by atoms with van der Waals surface area (Å²) in [4.78, 5) is 2.48. The number of halogens is 1. The predicted octanol–water partition coefficient (Wildman–Crippen LogP) is 2.59. The Kier molecular flexibility index (Phi) is 4.85. The van der Waals surface area contributed by atoms with Crippen molar-refractivity contribution in [3.8, 4) is 0 Å². The highest BCUT2D eigenvalue weighted by molar-refractivity contribution is 6.21. The molecule has 3 nitrogen and oxygen atoms in total. The molecule has 3 unspecified atom stereocenters. The van der Waals surface area contributed by atoms with Gasteiger partial charge < -0.3 is 10.1 Å². The van der Waals surface area contributed by atoms with Crippen LogP contribution in [0.25, 0.3) is 0 Å². The van der Waals surface area contributed by atoms with E-state index in [0.717, 1.165) is 32.7 Å². The number of hydrogen-bond acceptors (Lipinski definition) is 3. The molecule has 1 aliphatic carbocycles. The van der Waals surface area contributed by atoms with Gasteiger partial charge in [-0.2, -0.15) is 0 Å². The van der Waals surface area contributed by atoms with E-state index in [1.165, 1.54) is 11.1 Å². The monoisotopic (exact) mass is 308 g/mol. The summed E-state index contributed by atoms with van der Waals surface area (Å²) in [6.07, 6.45) is 1.22. The summed E-state index contributed by atoms with van der Waals surface area (Å²) < 4.78 is 5.89. The van der Waals surface area contributed by atoms with Crippen molar-refractivity contribution in [3.63, 3.8) is 0 Å². The Balaban J connectivity index is 1.58.